The Morgan fingerprint density at radius 1 is 1.31 bits per heavy atom. The largest absolute Gasteiger partial charge is 0.394 e. The van der Waals surface area contributed by atoms with Crippen LogP contribution in [0.15, 0.2) is 30.3 Å². The van der Waals surface area contributed by atoms with E-state index in [0.717, 1.165) is 12.8 Å². The van der Waals surface area contributed by atoms with Crippen LogP contribution in [0.25, 0.3) is 0 Å². The van der Waals surface area contributed by atoms with Gasteiger partial charge in [-0.2, -0.15) is 0 Å². The van der Waals surface area contributed by atoms with Crippen molar-refractivity contribution in [1.82, 2.24) is 0 Å². The van der Waals surface area contributed by atoms with Crippen molar-refractivity contribution >= 4 is 0 Å². The average molecular weight is 179 g/mol. The SMILES string of the molecule is CC[C@@](N)(CO)Cc1ccccc1. The van der Waals surface area contributed by atoms with Gasteiger partial charge in [-0.05, 0) is 18.4 Å². The van der Waals surface area contributed by atoms with Gasteiger partial charge in [0.05, 0.1) is 6.61 Å². The molecule has 1 aromatic rings. The Morgan fingerprint density at radius 2 is 1.92 bits per heavy atom. The van der Waals surface area contributed by atoms with Crippen molar-refractivity contribution in [3.05, 3.63) is 35.9 Å². The highest BCUT2D eigenvalue weighted by molar-refractivity contribution is 5.17. The topological polar surface area (TPSA) is 46.2 Å². The monoisotopic (exact) mass is 179 g/mol. The second-order valence-electron chi connectivity index (χ2n) is 3.54. The molecule has 0 fully saturated rings. The van der Waals surface area contributed by atoms with Crippen LogP contribution in [0.5, 0.6) is 0 Å². The third-order valence-electron chi connectivity index (χ3n) is 2.42. The van der Waals surface area contributed by atoms with E-state index < -0.39 is 5.54 Å². The van der Waals surface area contributed by atoms with Gasteiger partial charge >= 0.3 is 0 Å². The minimum Gasteiger partial charge on any atom is -0.394 e. The Labute approximate surface area is 79.4 Å². The van der Waals surface area contributed by atoms with Crippen molar-refractivity contribution in [2.45, 2.75) is 25.3 Å². The molecule has 1 aromatic carbocycles. The third-order valence-corrected chi connectivity index (χ3v) is 2.42. The molecular formula is C11H17NO. The quantitative estimate of drug-likeness (QED) is 0.732. The van der Waals surface area contributed by atoms with E-state index in [4.69, 9.17) is 10.8 Å². The van der Waals surface area contributed by atoms with Gasteiger partial charge in [0.1, 0.15) is 0 Å². The molecule has 0 saturated carbocycles. The van der Waals surface area contributed by atoms with Crippen molar-refractivity contribution in [1.29, 1.82) is 0 Å². The van der Waals surface area contributed by atoms with Crippen LogP contribution >= 0.6 is 0 Å². The first-order valence-electron chi connectivity index (χ1n) is 4.64. The predicted molar refractivity (Wildman–Crippen MR) is 54.4 cm³/mol. The fourth-order valence-corrected chi connectivity index (χ4v) is 1.30. The molecule has 0 aliphatic rings. The van der Waals surface area contributed by atoms with Crippen molar-refractivity contribution < 1.29 is 5.11 Å². The van der Waals surface area contributed by atoms with Gasteiger partial charge in [-0.15, -0.1) is 0 Å². The first-order valence-corrected chi connectivity index (χ1v) is 4.64. The molecule has 0 radical (unpaired) electrons. The molecule has 13 heavy (non-hydrogen) atoms. The van der Waals surface area contributed by atoms with Crippen LogP contribution in [0.3, 0.4) is 0 Å². The standard InChI is InChI=1S/C11H17NO/c1-2-11(12,9-13)8-10-6-4-3-5-7-10/h3-7,13H,2,8-9,12H2,1H3/t11-/m0/s1. The van der Waals surface area contributed by atoms with E-state index in [1.165, 1.54) is 5.56 Å². The van der Waals surface area contributed by atoms with Crippen LogP contribution in [0, 0.1) is 0 Å². The van der Waals surface area contributed by atoms with Gasteiger partial charge in [0.25, 0.3) is 0 Å². The maximum Gasteiger partial charge on any atom is 0.0614 e. The van der Waals surface area contributed by atoms with Gasteiger partial charge in [-0.1, -0.05) is 37.3 Å². The van der Waals surface area contributed by atoms with E-state index >= 15 is 0 Å². The molecule has 0 spiro atoms. The molecule has 3 N–H and O–H groups in total. The van der Waals surface area contributed by atoms with Crippen molar-refractivity contribution in [2.75, 3.05) is 6.61 Å². The van der Waals surface area contributed by atoms with E-state index in [1.807, 2.05) is 37.3 Å². The first kappa shape index (κ1) is 10.2. The van der Waals surface area contributed by atoms with Crippen LogP contribution in [0.1, 0.15) is 18.9 Å². The highest BCUT2D eigenvalue weighted by Gasteiger charge is 2.21. The molecule has 0 unspecified atom stereocenters. The second kappa shape index (κ2) is 4.40. The Balaban J connectivity index is 2.68. The molecule has 2 heteroatoms. The van der Waals surface area contributed by atoms with Gasteiger partial charge in [0.2, 0.25) is 0 Å². The third kappa shape index (κ3) is 2.83. The molecule has 2 nitrogen and oxygen atoms in total. The molecular weight excluding hydrogens is 162 g/mol. The summed E-state index contributed by atoms with van der Waals surface area (Å²) in [6, 6.07) is 10.0. The summed E-state index contributed by atoms with van der Waals surface area (Å²) in [5.41, 5.74) is 6.70. The molecule has 0 amide bonds. The van der Waals surface area contributed by atoms with Crippen LogP contribution in [-0.4, -0.2) is 17.3 Å². The van der Waals surface area contributed by atoms with Gasteiger partial charge < -0.3 is 10.8 Å². The lowest BCUT2D eigenvalue weighted by Gasteiger charge is -2.25. The Morgan fingerprint density at radius 3 is 2.38 bits per heavy atom. The zero-order valence-corrected chi connectivity index (χ0v) is 8.03. The minimum absolute atomic E-state index is 0.0401. The molecule has 1 atom stereocenters. The summed E-state index contributed by atoms with van der Waals surface area (Å²) in [5, 5.41) is 9.12. The predicted octanol–water partition coefficient (Wildman–Crippen LogP) is 1.33. The smallest absolute Gasteiger partial charge is 0.0614 e. The molecule has 0 aromatic heterocycles. The van der Waals surface area contributed by atoms with Gasteiger partial charge in [0.15, 0.2) is 0 Å². The van der Waals surface area contributed by atoms with E-state index in [1.54, 1.807) is 0 Å². The van der Waals surface area contributed by atoms with Gasteiger partial charge in [0, 0.05) is 5.54 Å². The number of benzene rings is 1. The Hall–Kier alpha value is -0.860. The average Bonchev–Trinajstić information content (AvgIpc) is 2.19. The molecule has 1 rings (SSSR count). The minimum atomic E-state index is -0.457. The molecule has 0 heterocycles. The fourth-order valence-electron chi connectivity index (χ4n) is 1.30. The summed E-state index contributed by atoms with van der Waals surface area (Å²) >= 11 is 0. The van der Waals surface area contributed by atoms with Gasteiger partial charge in [-0.25, -0.2) is 0 Å². The lowest BCUT2D eigenvalue weighted by Crippen LogP contribution is -2.45. The summed E-state index contributed by atoms with van der Waals surface area (Å²) in [4.78, 5) is 0. The van der Waals surface area contributed by atoms with E-state index in [2.05, 4.69) is 0 Å². The molecule has 0 aliphatic heterocycles. The van der Waals surface area contributed by atoms with E-state index in [9.17, 15) is 0 Å². The highest BCUT2D eigenvalue weighted by atomic mass is 16.3. The maximum atomic E-state index is 9.12. The molecule has 0 aliphatic carbocycles. The highest BCUT2D eigenvalue weighted by Crippen LogP contribution is 2.13. The lowest BCUT2D eigenvalue weighted by atomic mass is 9.90. The van der Waals surface area contributed by atoms with Crippen LogP contribution < -0.4 is 5.73 Å². The van der Waals surface area contributed by atoms with Crippen LogP contribution in [0.4, 0.5) is 0 Å². The van der Waals surface area contributed by atoms with E-state index in [-0.39, 0.29) is 6.61 Å². The van der Waals surface area contributed by atoms with Crippen molar-refractivity contribution in [2.24, 2.45) is 5.73 Å². The summed E-state index contributed by atoms with van der Waals surface area (Å²) in [5.74, 6) is 0. The summed E-state index contributed by atoms with van der Waals surface area (Å²) in [6.07, 6.45) is 1.53. The molecule has 72 valence electrons. The molecule has 0 bridgehead atoms. The zero-order valence-electron chi connectivity index (χ0n) is 8.03. The number of hydrogen-bond donors (Lipinski definition) is 2. The van der Waals surface area contributed by atoms with Crippen molar-refractivity contribution in [3.8, 4) is 0 Å². The summed E-state index contributed by atoms with van der Waals surface area (Å²) in [7, 11) is 0. The summed E-state index contributed by atoms with van der Waals surface area (Å²) in [6.45, 7) is 2.04. The molecule has 0 saturated heterocycles. The normalized spacial score (nSPS) is 15.3. The van der Waals surface area contributed by atoms with Crippen LogP contribution in [-0.2, 0) is 6.42 Å². The number of rotatable bonds is 4. The Kier molecular flexibility index (Phi) is 3.46. The van der Waals surface area contributed by atoms with Gasteiger partial charge in [-0.3, -0.25) is 0 Å². The second-order valence-corrected chi connectivity index (χ2v) is 3.54. The van der Waals surface area contributed by atoms with Crippen LogP contribution in [0.2, 0.25) is 0 Å². The number of aliphatic hydroxyl groups excluding tert-OH is 1. The van der Waals surface area contributed by atoms with E-state index in [0.29, 0.717) is 0 Å². The lowest BCUT2D eigenvalue weighted by molar-refractivity contribution is 0.190. The van der Waals surface area contributed by atoms with Crippen molar-refractivity contribution in [3.63, 3.8) is 0 Å². The summed E-state index contributed by atoms with van der Waals surface area (Å²) < 4.78 is 0. The number of aliphatic hydroxyl groups is 1. The fraction of sp³-hybridized carbons (Fsp3) is 0.455. The first-order chi connectivity index (χ1) is 6.20. The number of hydrogen-bond acceptors (Lipinski definition) is 2. The maximum absolute atomic E-state index is 9.12. The zero-order chi connectivity index (χ0) is 9.73. The number of nitrogens with two attached hydrogens (primary N) is 1. The Bertz CT molecular complexity index is 242.